The molecule has 2 heterocycles. The monoisotopic (exact) mass is 420 g/mol. The van der Waals surface area contributed by atoms with Gasteiger partial charge in [0.05, 0.1) is 11.4 Å². The number of pyridine rings is 2. The van der Waals surface area contributed by atoms with Gasteiger partial charge < -0.3 is 26.5 Å². The van der Waals surface area contributed by atoms with Crippen molar-refractivity contribution in [2.24, 2.45) is 0 Å². The fourth-order valence-electron chi connectivity index (χ4n) is 1.03. The van der Waals surface area contributed by atoms with Gasteiger partial charge in [0.1, 0.15) is 0 Å². The van der Waals surface area contributed by atoms with E-state index in [0.29, 0.717) is 0 Å². The van der Waals surface area contributed by atoms with Gasteiger partial charge in [-0.1, -0.05) is 12.1 Å². The van der Waals surface area contributed by atoms with Crippen LogP contribution < -0.4 is 21.0 Å². The van der Waals surface area contributed by atoms with Gasteiger partial charge >= 0.3 is 0 Å². The van der Waals surface area contributed by atoms with Crippen LogP contribution in [0.1, 0.15) is 0 Å². The summed E-state index contributed by atoms with van der Waals surface area (Å²) in [7, 11) is 0. The number of hydrogen-bond donors (Lipinski definition) is 0. The molecule has 7 nitrogen and oxygen atoms in total. The van der Waals surface area contributed by atoms with Crippen molar-refractivity contribution in [3.8, 4) is 11.4 Å². The molecule has 0 amide bonds. The maximum atomic E-state index is 7.00. The maximum Gasteiger partial charge on any atom is 0.0886 e. The fraction of sp³-hybridized carbons (Fsp3) is 0. The van der Waals surface area contributed by atoms with Gasteiger partial charge in [0, 0.05) is 33.5 Å². The molecule has 0 unspecified atom stereocenters. The molecule has 0 saturated carbocycles. The van der Waals surface area contributed by atoms with Gasteiger partial charge in [0.25, 0.3) is 0 Å². The molecule has 2 aromatic heterocycles. The van der Waals surface area contributed by atoms with E-state index in [0.717, 1.165) is 11.4 Å². The molecule has 0 aliphatic carbocycles. The van der Waals surface area contributed by atoms with E-state index in [1.807, 2.05) is 36.4 Å². The number of hydrogen-bond acceptors (Lipinski definition) is 6. The van der Waals surface area contributed by atoms with E-state index in [-0.39, 0.29) is 26.5 Å². The van der Waals surface area contributed by atoms with Gasteiger partial charge in [-0.15, -0.1) is 0 Å². The third kappa shape index (κ3) is 7.96. The summed E-state index contributed by atoms with van der Waals surface area (Å²) < 4.78 is 0. The smallest absolute Gasteiger partial charge is 0.0886 e. The van der Waals surface area contributed by atoms with Crippen LogP contribution in [0.15, 0.2) is 48.8 Å². The molecule has 0 aliphatic rings. The number of aromatic nitrogens is 2. The molecular formula is C10H8N2O5W-6. The second-order valence-corrected chi connectivity index (χ2v) is 2.43. The second-order valence-electron chi connectivity index (χ2n) is 2.43. The van der Waals surface area contributed by atoms with Crippen molar-refractivity contribution in [2.75, 3.05) is 0 Å². The summed E-state index contributed by atoms with van der Waals surface area (Å²) in [5.41, 5.74) is 1.83. The summed E-state index contributed by atoms with van der Waals surface area (Å²) in [6.45, 7) is 0. The van der Waals surface area contributed by atoms with Crippen molar-refractivity contribution in [3.05, 3.63) is 48.8 Å². The first-order chi connectivity index (χ1) is 7.97. The Bertz CT molecular complexity index is 326. The zero-order valence-electron chi connectivity index (χ0n) is 8.96. The average molecular weight is 420 g/mol. The number of rotatable bonds is 1. The Labute approximate surface area is 118 Å². The summed E-state index contributed by atoms with van der Waals surface area (Å²) >= 11 is 0. The van der Waals surface area contributed by atoms with E-state index < -0.39 is 0 Å². The maximum absolute atomic E-state index is 7.00. The SMILES string of the molecule is [O-2].[O-][O-].[O-][O-].[W].c1ccc(-c2ccccn2)nc1. The molecule has 100 valence electrons. The predicted octanol–water partition coefficient (Wildman–Crippen LogP) is -2.73. The van der Waals surface area contributed by atoms with Crippen molar-refractivity contribution < 1.29 is 47.6 Å². The van der Waals surface area contributed by atoms with Crippen LogP contribution in [0.5, 0.6) is 0 Å². The van der Waals surface area contributed by atoms with Crippen molar-refractivity contribution >= 4 is 0 Å². The number of nitrogens with zero attached hydrogens (tertiary/aromatic N) is 2. The minimum atomic E-state index is 0. The zero-order chi connectivity index (χ0) is 12.2. The molecule has 8 heteroatoms. The summed E-state index contributed by atoms with van der Waals surface area (Å²) in [5.74, 6) is 0. The molecule has 2 aromatic rings. The molecule has 0 aliphatic heterocycles. The van der Waals surface area contributed by atoms with Crippen LogP contribution in [0.25, 0.3) is 11.4 Å². The van der Waals surface area contributed by atoms with E-state index in [2.05, 4.69) is 9.97 Å². The molecule has 0 aromatic carbocycles. The van der Waals surface area contributed by atoms with Crippen molar-refractivity contribution in [2.45, 2.75) is 0 Å². The Hall–Kier alpha value is -1.21. The minimum absolute atomic E-state index is 0. The van der Waals surface area contributed by atoms with Crippen LogP contribution in [0.3, 0.4) is 0 Å². The minimum Gasteiger partial charge on any atom is -2.00 e. The first-order valence-corrected chi connectivity index (χ1v) is 4.12. The van der Waals surface area contributed by atoms with Gasteiger partial charge in [0.2, 0.25) is 0 Å². The third-order valence-corrected chi connectivity index (χ3v) is 1.59. The Morgan fingerprint density at radius 3 is 1.22 bits per heavy atom. The molecule has 0 atom stereocenters. The normalized spacial score (nSPS) is 7.11. The molecular weight excluding hydrogens is 412 g/mol. The Morgan fingerprint density at radius 1 is 0.667 bits per heavy atom. The van der Waals surface area contributed by atoms with Crippen LogP contribution in [0, 0.1) is 0 Å². The van der Waals surface area contributed by atoms with Gasteiger partial charge in [0.15, 0.2) is 0 Å². The molecule has 0 N–H and O–H groups in total. The van der Waals surface area contributed by atoms with Crippen molar-refractivity contribution in [1.29, 1.82) is 0 Å². The Balaban J connectivity index is -0.000000344. The van der Waals surface area contributed by atoms with Gasteiger partial charge in [-0.25, -0.2) is 0 Å². The predicted molar refractivity (Wildman–Crippen MR) is 48.2 cm³/mol. The van der Waals surface area contributed by atoms with Gasteiger partial charge in [-0.2, -0.15) is 0 Å². The van der Waals surface area contributed by atoms with E-state index in [1.165, 1.54) is 0 Å². The van der Waals surface area contributed by atoms with Gasteiger partial charge in [-0.3, -0.25) is 9.97 Å². The van der Waals surface area contributed by atoms with Crippen LogP contribution in [-0.4, -0.2) is 9.97 Å². The quantitative estimate of drug-likeness (QED) is 0.362. The molecule has 0 fully saturated rings. The van der Waals surface area contributed by atoms with Crippen molar-refractivity contribution in [3.63, 3.8) is 0 Å². The summed E-state index contributed by atoms with van der Waals surface area (Å²) in [4.78, 5) is 8.37. The van der Waals surface area contributed by atoms with Crippen LogP contribution >= 0.6 is 0 Å². The summed E-state index contributed by atoms with van der Waals surface area (Å²) in [5, 5.41) is 28.0. The molecule has 0 saturated heterocycles. The molecule has 2 rings (SSSR count). The molecule has 0 spiro atoms. The summed E-state index contributed by atoms with van der Waals surface area (Å²) in [6.07, 6.45) is 3.54. The fourth-order valence-corrected chi connectivity index (χ4v) is 1.03. The first kappa shape index (κ1) is 22.0. The topological polar surface area (TPSA) is 147 Å². The van der Waals surface area contributed by atoms with E-state index in [4.69, 9.17) is 21.0 Å². The zero-order valence-corrected chi connectivity index (χ0v) is 11.9. The summed E-state index contributed by atoms with van der Waals surface area (Å²) in [6, 6.07) is 11.6. The molecule has 18 heavy (non-hydrogen) atoms. The van der Waals surface area contributed by atoms with E-state index in [9.17, 15) is 0 Å². The molecule has 0 radical (unpaired) electrons. The Morgan fingerprint density at radius 2 is 1.00 bits per heavy atom. The van der Waals surface area contributed by atoms with E-state index >= 15 is 0 Å². The average Bonchev–Trinajstić information content (AvgIpc) is 2.45. The third-order valence-electron chi connectivity index (χ3n) is 1.59. The second kappa shape index (κ2) is 15.8. The van der Waals surface area contributed by atoms with Crippen LogP contribution in [-0.2, 0) is 26.5 Å². The first-order valence-electron chi connectivity index (χ1n) is 4.12. The van der Waals surface area contributed by atoms with Crippen LogP contribution in [0.4, 0.5) is 0 Å². The van der Waals surface area contributed by atoms with E-state index in [1.54, 1.807) is 12.4 Å². The largest absolute Gasteiger partial charge is 2.00 e. The van der Waals surface area contributed by atoms with Gasteiger partial charge in [-0.05, 0) is 24.3 Å². The van der Waals surface area contributed by atoms with Crippen molar-refractivity contribution in [1.82, 2.24) is 9.97 Å². The Kier molecular flexibility index (Phi) is 19.3. The molecule has 0 bridgehead atoms. The van der Waals surface area contributed by atoms with Crippen LogP contribution in [0.2, 0.25) is 0 Å². The standard InChI is InChI=1S/C10H8N2.2O2.O.W/c1-3-7-11-9(5-1)10-6-2-4-8-12-10;2*1-2;;/h1-8H;;;;/q;3*-2;.